The smallest absolute Gasteiger partial charge is 0.462 e. The van der Waals surface area contributed by atoms with E-state index < -0.39 is 32.5 Å². The third-order valence-corrected chi connectivity index (χ3v) is 8.69. The maximum atomic E-state index is 12.4. The fourth-order valence-electron chi connectivity index (χ4n) is 5.14. The van der Waals surface area contributed by atoms with Gasteiger partial charge in [0.2, 0.25) is 0 Å². The van der Waals surface area contributed by atoms with E-state index in [1.807, 2.05) is 12.2 Å². The molecule has 0 spiro atoms. The number of ether oxygens (including phenoxy) is 3. The molecule has 0 aromatic carbocycles. The van der Waals surface area contributed by atoms with Crippen molar-refractivity contribution in [2.24, 2.45) is 0 Å². The Kier molecular flexibility index (Phi) is 31.7. The largest absolute Gasteiger partial charge is 0.469 e. The molecule has 0 aliphatic carbocycles. The fourth-order valence-corrected chi connectivity index (χ4v) is 5.50. The molecule has 55 heavy (non-hydrogen) atoms. The number of phosphoric ester groups is 1. The summed E-state index contributed by atoms with van der Waals surface area (Å²) in [4.78, 5) is 42.8. The van der Waals surface area contributed by atoms with Crippen molar-refractivity contribution in [1.82, 2.24) is 0 Å². The molecule has 3 atom stereocenters. The maximum Gasteiger partial charge on any atom is 0.469 e. The Balaban J connectivity index is 2.16. The summed E-state index contributed by atoms with van der Waals surface area (Å²) < 4.78 is 31.9. The predicted molar refractivity (Wildman–Crippen MR) is 224 cm³/mol. The summed E-state index contributed by atoms with van der Waals surface area (Å²) in [6.45, 7) is 3.35. The van der Waals surface area contributed by atoms with Crippen molar-refractivity contribution in [3.05, 3.63) is 109 Å². The minimum Gasteiger partial charge on any atom is -0.462 e. The van der Waals surface area contributed by atoms with Crippen molar-refractivity contribution in [1.29, 1.82) is 0 Å². The molecule has 0 bridgehead atoms. The number of esters is 2. The number of unbranched alkanes of at least 4 members (excludes halogenated alkanes) is 4. The molecule has 0 aromatic rings. The van der Waals surface area contributed by atoms with Crippen molar-refractivity contribution in [2.75, 3.05) is 13.2 Å². The lowest BCUT2D eigenvalue weighted by Gasteiger charge is -2.18. The summed E-state index contributed by atoms with van der Waals surface area (Å²) in [5, 5.41) is 0. The number of hydrogen-bond acceptors (Lipinski definition) is 7. The molecule has 0 aromatic heterocycles. The average molecular weight is 785 g/mol. The van der Waals surface area contributed by atoms with Gasteiger partial charge >= 0.3 is 19.8 Å². The molecule has 0 saturated carbocycles. The fraction of sp³-hybridized carbons (Fsp3) is 0.556. The van der Waals surface area contributed by atoms with Gasteiger partial charge in [0, 0.05) is 12.8 Å². The lowest BCUT2D eigenvalue weighted by molar-refractivity contribution is -0.161. The van der Waals surface area contributed by atoms with Gasteiger partial charge in [0.1, 0.15) is 6.61 Å². The van der Waals surface area contributed by atoms with E-state index in [0.717, 1.165) is 89.9 Å². The number of epoxide rings is 1. The van der Waals surface area contributed by atoms with Crippen molar-refractivity contribution in [3.8, 4) is 0 Å². The summed E-state index contributed by atoms with van der Waals surface area (Å²) in [5.74, 6) is -1.03. The summed E-state index contributed by atoms with van der Waals surface area (Å²) >= 11 is 0. The lowest BCUT2D eigenvalue weighted by Crippen LogP contribution is -2.29. The van der Waals surface area contributed by atoms with Crippen LogP contribution in [0.2, 0.25) is 0 Å². The number of phosphoric acid groups is 1. The zero-order valence-corrected chi connectivity index (χ0v) is 34.4. The van der Waals surface area contributed by atoms with Gasteiger partial charge in [-0.1, -0.05) is 136 Å². The molecule has 1 saturated heterocycles. The summed E-state index contributed by atoms with van der Waals surface area (Å²) in [6.07, 6.45) is 52.9. The van der Waals surface area contributed by atoms with Gasteiger partial charge in [-0.15, -0.1) is 0 Å². The van der Waals surface area contributed by atoms with E-state index in [2.05, 4.69) is 116 Å². The second-order valence-corrected chi connectivity index (χ2v) is 14.5. The molecule has 2 unspecified atom stereocenters. The molecular formula is C45H69O9P. The van der Waals surface area contributed by atoms with Crippen LogP contribution in [0.4, 0.5) is 0 Å². The van der Waals surface area contributed by atoms with Crippen molar-refractivity contribution in [2.45, 2.75) is 148 Å². The quantitative estimate of drug-likeness (QED) is 0.0215. The van der Waals surface area contributed by atoms with E-state index >= 15 is 0 Å². The van der Waals surface area contributed by atoms with Crippen LogP contribution in [-0.2, 0) is 32.9 Å². The van der Waals surface area contributed by atoms with Crippen LogP contribution in [-0.4, -0.2) is 53.3 Å². The molecular weight excluding hydrogens is 715 g/mol. The van der Waals surface area contributed by atoms with Crippen molar-refractivity contribution >= 4 is 19.8 Å². The van der Waals surface area contributed by atoms with Crippen LogP contribution in [0.3, 0.4) is 0 Å². The standard InChI is InChI=1S/C45H69O9P/c1-3-5-7-8-9-10-11-12-13-14-15-16-20-23-26-29-33-37-44(46)51-39-41(40-52-55(48,49)50)53-45(47)38-34-30-27-24-21-18-17-19-22-25-28-32-36-43-42(54-43)35-31-6-4-2/h5-7,9-10,12-13,15-16,18-19,21-22,27-28,30-32,41-43H,3-4,8,11,14,17,20,23-26,29,33-40H2,1-2H3,(H2,48,49,50)/b7-5-,10-9-,13-12-,16-15-,21-18-,22-19-,30-27-,31-6-,32-28-/t41-,42?,43?/m1/s1. The van der Waals surface area contributed by atoms with Gasteiger partial charge in [-0.2, -0.15) is 0 Å². The number of carbonyl (C=O) groups is 2. The molecule has 0 radical (unpaired) electrons. The normalized spacial score (nSPS) is 17.3. The Morgan fingerprint density at radius 1 is 0.564 bits per heavy atom. The van der Waals surface area contributed by atoms with E-state index in [1.54, 1.807) is 0 Å². The van der Waals surface area contributed by atoms with Gasteiger partial charge in [-0.3, -0.25) is 14.1 Å². The molecule has 1 aliphatic heterocycles. The molecule has 10 heteroatoms. The van der Waals surface area contributed by atoms with E-state index in [4.69, 9.17) is 24.0 Å². The lowest BCUT2D eigenvalue weighted by atomic mass is 10.1. The Morgan fingerprint density at radius 2 is 1.02 bits per heavy atom. The van der Waals surface area contributed by atoms with Gasteiger partial charge in [0.15, 0.2) is 6.10 Å². The summed E-state index contributed by atoms with van der Waals surface area (Å²) in [6, 6.07) is 0. The molecule has 1 rings (SSSR count). The second kappa shape index (κ2) is 35.1. The molecule has 9 nitrogen and oxygen atoms in total. The van der Waals surface area contributed by atoms with Crippen molar-refractivity contribution < 1.29 is 42.7 Å². The molecule has 1 heterocycles. The maximum absolute atomic E-state index is 12.4. The highest BCUT2D eigenvalue weighted by atomic mass is 31.2. The Hall–Kier alpha value is -3.33. The van der Waals surface area contributed by atoms with Gasteiger partial charge in [-0.05, 0) is 89.9 Å². The number of hydrogen-bond donors (Lipinski definition) is 2. The Labute approximate surface area is 331 Å². The van der Waals surface area contributed by atoms with Crippen molar-refractivity contribution in [3.63, 3.8) is 0 Å². The average Bonchev–Trinajstić information content (AvgIpc) is 3.91. The molecule has 308 valence electrons. The van der Waals surface area contributed by atoms with Crippen LogP contribution in [0.5, 0.6) is 0 Å². The first kappa shape index (κ1) is 49.7. The van der Waals surface area contributed by atoms with E-state index in [0.29, 0.717) is 25.0 Å². The van der Waals surface area contributed by atoms with Crippen LogP contribution >= 0.6 is 7.82 Å². The van der Waals surface area contributed by atoms with Crippen LogP contribution in [0, 0.1) is 0 Å². The Bertz CT molecular complexity index is 1320. The van der Waals surface area contributed by atoms with Crippen LogP contribution in [0.15, 0.2) is 109 Å². The van der Waals surface area contributed by atoms with Gasteiger partial charge < -0.3 is 24.0 Å². The first-order valence-electron chi connectivity index (χ1n) is 20.3. The highest BCUT2D eigenvalue weighted by Crippen LogP contribution is 2.36. The van der Waals surface area contributed by atoms with Crippen LogP contribution < -0.4 is 0 Å². The monoisotopic (exact) mass is 784 g/mol. The van der Waals surface area contributed by atoms with E-state index in [-0.39, 0.29) is 19.4 Å². The minimum absolute atomic E-state index is 0.0706. The third-order valence-electron chi connectivity index (χ3n) is 8.20. The second-order valence-electron chi connectivity index (χ2n) is 13.2. The zero-order chi connectivity index (χ0) is 40.1. The summed E-state index contributed by atoms with van der Waals surface area (Å²) in [5.41, 5.74) is 0. The van der Waals surface area contributed by atoms with Gasteiger partial charge in [0.25, 0.3) is 0 Å². The molecule has 0 amide bonds. The SMILES string of the molecule is CC/C=C\C/C=C\C/C=C\C/C=C\CCCCCCC(=O)OC[C@H](COP(=O)(O)O)OC(=O)CC/C=C\C/C=C\C/C=C\C/C=C\CC1OC1C/C=C\CC. The first-order valence-corrected chi connectivity index (χ1v) is 21.8. The van der Waals surface area contributed by atoms with Crippen LogP contribution in [0.25, 0.3) is 0 Å². The number of rotatable bonds is 34. The predicted octanol–water partition coefficient (Wildman–Crippen LogP) is 11.4. The minimum atomic E-state index is -4.79. The molecule has 1 aliphatic rings. The van der Waals surface area contributed by atoms with E-state index in [1.165, 1.54) is 0 Å². The highest BCUT2D eigenvalue weighted by Gasteiger charge is 2.35. The third kappa shape index (κ3) is 34.9. The van der Waals surface area contributed by atoms with Crippen LogP contribution in [0.1, 0.15) is 129 Å². The van der Waals surface area contributed by atoms with Gasteiger partial charge in [0.05, 0.1) is 18.8 Å². The van der Waals surface area contributed by atoms with Gasteiger partial charge in [-0.25, -0.2) is 4.57 Å². The highest BCUT2D eigenvalue weighted by molar-refractivity contribution is 7.46. The summed E-state index contributed by atoms with van der Waals surface area (Å²) in [7, 11) is -4.79. The molecule has 2 N–H and O–H groups in total. The first-order chi connectivity index (χ1) is 26.7. The number of carbonyl (C=O) groups excluding carboxylic acids is 2. The zero-order valence-electron chi connectivity index (χ0n) is 33.5. The molecule has 1 fully saturated rings. The number of allylic oxidation sites excluding steroid dienone is 16. The topological polar surface area (TPSA) is 132 Å². The van der Waals surface area contributed by atoms with E-state index in [9.17, 15) is 14.2 Å². The Morgan fingerprint density at radius 3 is 1.56 bits per heavy atom.